The van der Waals surface area contributed by atoms with Gasteiger partial charge in [-0.1, -0.05) is 0 Å². The molecule has 0 unspecified atom stereocenters. The average molecular weight is 395 g/mol. The molecule has 1 fully saturated rings. The van der Waals surface area contributed by atoms with E-state index in [4.69, 9.17) is 19.8 Å². The number of urea groups is 1. The highest BCUT2D eigenvalue weighted by Gasteiger charge is 2.26. The van der Waals surface area contributed by atoms with Gasteiger partial charge in [-0.3, -0.25) is 4.79 Å². The number of rotatable bonds is 5. The Balaban J connectivity index is 1.59. The number of likely N-dealkylation sites (tertiary alicyclic amines) is 1. The summed E-state index contributed by atoms with van der Waals surface area (Å²) < 4.78 is 11.0. The average Bonchev–Trinajstić information content (AvgIpc) is 2.75. The minimum Gasteiger partial charge on any atom is -0.493 e. The number of benzene rings is 2. The second kappa shape index (κ2) is 8.97. The summed E-state index contributed by atoms with van der Waals surface area (Å²) in [6, 6.07) is 13.5. The predicted molar refractivity (Wildman–Crippen MR) is 105 cm³/mol. The summed E-state index contributed by atoms with van der Waals surface area (Å²) >= 11 is 0. The van der Waals surface area contributed by atoms with Crippen LogP contribution in [0.4, 0.5) is 10.5 Å². The molecule has 1 aliphatic heterocycles. The molecule has 2 amide bonds. The zero-order valence-electron chi connectivity index (χ0n) is 15.9. The van der Waals surface area contributed by atoms with Crippen LogP contribution in [0.25, 0.3) is 0 Å². The molecule has 0 radical (unpaired) electrons. The van der Waals surface area contributed by atoms with E-state index < -0.39 is 5.97 Å². The maximum Gasteiger partial charge on any atom is 0.321 e. The largest absolute Gasteiger partial charge is 0.493 e. The Kier molecular flexibility index (Phi) is 6.19. The van der Waals surface area contributed by atoms with Crippen LogP contribution in [0.2, 0.25) is 0 Å². The molecule has 150 valence electrons. The van der Waals surface area contributed by atoms with Gasteiger partial charge in [0.15, 0.2) is 11.5 Å². The molecule has 0 atom stereocenters. The van der Waals surface area contributed by atoms with E-state index in [0.717, 1.165) is 0 Å². The third-order valence-corrected chi connectivity index (χ3v) is 4.76. The number of hydrogen-bond donors (Lipinski definition) is 2. The number of nitriles is 1. The molecule has 29 heavy (non-hydrogen) atoms. The number of nitrogens with one attached hydrogen (secondary N) is 1. The molecule has 2 aromatic rings. The van der Waals surface area contributed by atoms with Gasteiger partial charge >= 0.3 is 12.0 Å². The lowest BCUT2D eigenvalue weighted by molar-refractivity contribution is -0.143. The van der Waals surface area contributed by atoms with Crippen molar-refractivity contribution in [2.75, 3.05) is 25.5 Å². The van der Waals surface area contributed by atoms with E-state index in [1.165, 1.54) is 7.11 Å². The fourth-order valence-electron chi connectivity index (χ4n) is 3.09. The normalized spacial score (nSPS) is 14.0. The summed E-state index contributed by atoms with van der Waals surface area (Å²) in [4.78, 5) is 25.0. The number of hydrogen-bond acceptors (Lipinski definition) is 5. The first-order chi connectivity index (χ1) is 14.0. The molecule has 3 rings (SSSR count). The standard InChI is InChI=1S/C21H21N3O5/c1-28-19-12-14(13-22)2-7-18(19)29-17-5-3-16(4-6-17)23-21(27)24-10-8-15(9-11-24)20(25)26/h2-7,12,15H,8-11H2,1H3,(H,23,27)(H,25,26). The first-order valence-electron chi connectivity index (χ1n) is 9.15. The minimum absolute atomic E-state index is 0.253. The molecular weight excluding hydrogens is 374 g/mol. The van der Waals surface area contributed by atoms with Crippen LogP contribution < -0.4 is 14.8 Å². The molecule has 8 nitrogen and oxygen atoms in total. The van der Waals surface area contributed by atoms with Gasteiger partial charge in [-0.05, 0) is 49.2 Å². The van der Waals surface area contributed by atoms with Crippen LogP contribution in [0, 0.1) is 17.2 Å². The van der Waals surface area contributed by atoms with Crippen LogP contribution >= 0.6 is 0 Å². The van der Waals surface area contributed by atoms with E-state index >= 15 is 0 Å². The Bertz CT molecular complexity index is 928. The molecule has 0 aromatic heterocycles. The van der Waals surface area contributed by atoms with Gasteiger partial charge in [0.05, 0.1) is 24.7 Å². The lowest BCUT2D eigenvalue weighted by atomic mass is 9.97. The Morgan fingerprint density at radius 3 is 2.41 bits per heavy atom. The Labute approximate surface area is 168 Å². The van der Waals surface area contributed by atoms with Gasteiger partial charge in [0.2, 0.25) is 0 Å². The molecule has 0 aliphatic carbocycles. The third kappa shape index (κ3) is 4.96. The van der Waals surface area contributed by atoms with Gasteiger partial charge in [0.25, 0.3) is 0 Å². The van der Waals surface area contributed by atoms with Gasteiger partial charge in [-0.25, -0.2) is 4.79 Å². The molecule has 0 spiro atoms. The minimum atomic E-state index is -0.806. The zero-order chi connectivity index (χ0) is 20.8. The maximum absolute atomic E-state index is 12.4. The Morgan fingerprint density at radius 1 is 1.14 bits per heavy atom. The molecule has 2 N–H and O–H groups in total. The number of amides is 2. The summed E-state index contributed by atoms with van der Waals surface area (Å²) in [5.74, 6) is 0.290. The van der Waals surface area contributed by atoms with Crippen LogP contribution in [-0.4, -0.2) is 42.2 Å². The summed E-state index contributed by atoms with van der Waals surface area (Å²) in [6.07, 6.45) is 0.921. The number of carbonyl (C=O) groups is 2. The van der Waals surface area contributed by atoms with Crippen molar-refractivity contribution < 1.29 is 24.2 Å². The fraction of sp³-hybridized carbons (Fsp3) is 0.286. The summed E-state index contributed by atoms with van der Waals surface area (Å²) in [5, 5.41) is 20.8. The highest BCUT2D eigenvalue weighted by Crippen LogP contribution is 2.32. The van der Waals surface area contributed by atoms with E-state index in [9.17, 15) is 9.59 Å². The van der Waals surface area contributed by atoms with Gasteiger partial charge in [0.1, 0.15) is 5.75 Å². The highest BCUT2D eigenvalue weighted by atomic mass is 16.5. The van der Waals surface area contributed by atoms with E-state index in [1.807, 2.05) is 6.07 Å². The topological polar surface area (TPSA) is 112 Å². The highest BCUT2D eigenvalue weighted by molar-refractivity contribution is 5.89. The summed E-state index contributed by atoms with van der Waals surface area (Å²) in [6.45, 7) is 0.838. The van der Waals surface area contributed by atoms with E-state index in [1.54, 1.807) is 47.4 Å². The van der Waals surface area contributed by atoms with Crippen molar-refractivity contribution in [2.45, 2.75) is 12.8 Å². The van der Waals surface area contributed by atoms with Gasteiger partial charge in [-0.15, -0.1) is 0 Å². The van der Waals surface area contributed by atoms with Crippen molar-refractivity contribution in [1.82, 2.24) is 4.90 Å². The van der Waals surface area contributed by atoms with E-state index in [0.29, 0.717) is 54.4 Å². The van der Waals surface area contributed by atoms with E-state index in [2.05, 4.69) is 5.32 Å². The van der Waals surface area contributed by atoms with Crippen LogP contribution in [0.1, 0.15) is 18.4 Å². The molecule has 1 heterocycles. The number of nitrogens with zero attached hydrogens (tertiary/aromatic N) is 2. The van der Waals surface area contributed by atoms with Crippen LogP contribution in [0.5, 0.6) is 17.2 Å². The van der Waals surface area contributed by atoms with Crippen molar-refractivity contribution in [3.05, 3.63) is 48.0 Å². The lowest BCUT2D eigenvalue weighted by Gasteiger charge is -2.30. The first kappa shape index (κ1) is 20.0. The second-order valence-electron chi connectivity index (χ2n) is 6.63. The van der Waals surface area contributed by atoms with Crippen molar-refractivity contribution >= 4 is 17.7 Å². The number of carboxylic acids is 1. The Hall–Kier alpha value is -3.73. The summed E-state index contributed by atoms with van der Waals surface area (Å²) in [5.41, 5.74) is 1.08. The molecular formula is C21H21N3O5. The third-order valence-electron chi connectivity index (χ3n) is 4.76. The van der Waals surface area contributed by atoms with Gasteiger partial charge < -0.3 is 24.8 Å². The quantitative estimate of drug-likeness (QED) is 0.799. The number of carbonyl (C=O) groups excluding carboxylic acids is 1. The smallest absolute Gasteiger partial charge is 0.321 e. The number of methoxy groups -OCH3 is 1. The summed E-state index contributed by atoms with van der Waals surface area (Å²) in [7, 11) is 1.50. The zero-order valence-corrected chi connectivity index (χ0v) is 15.9. The van der Waals surface area contributed by atoms with Crippen molar-refractivity contribution in [3.8, 4) is 23.3 Å². The molecule has 8 heteroatoms. The van der Waals surface area contributed by atoms with Gasteiger partial charge in [0, 0.05) is 24.8 Å². The Morgan fingerprint density at radius 2 is 1.83 bits per heavy atom. The monoisotopic (exact) mass is 395 g/mol. The molecule has 2 aromatic carbocycles. The van der Waals surface area contributed by atoms with Crippen LogP contribution in [-0.2, 0) is 4.79 Å². The molecule has 1 saturated heterocycles. The lowest BCUT2D eigenvalue weighted by Crippen LogP contribution is -2.42. The fourth-order valence-corrected chi connectivity index (χ4v) is 3.09. The van der Waals surface area contributed by atoms with Gasteiger partial charge in [-0.2, -0.15) is 5.26 Å². The number of piperidine rings is 1. The van der Waals surface area contributed by atoms with Crippen molar-refractivity contribution in [1.29, 1.82) is 5.26 Å². The van der Waals surface area contributed by atoms with E-state index in [-0.39, 0.29) is 11.9 Å². The van der Waals surface area contributed by atoms with Crippen LogP contribution in [0.3, 0.4) is 0 Å². The molecule has 1 aliphatic rings. The van der Waals surface area contributed by atoms with Crippen LogP contribution in [0.15, 0.2) is 42.5 Å². The number of carboxylic acid groups (broad SMARTS) is 1. The van der Waals surface area contributed by atoms with Crippen molar-refractivity contribution in [3.63, 3.8) is 0 Å². The molecule has 0 bridgehead atoms. The van der Waals surface area contributed by atoms with Crippen molar-refractivity contribution in [2.24, 2.45) is 5.92 Å². The molecule has 0 saturated carbocycles. The number of aliphatic carboxylic acids is 1. The first-order valence-corrected chi connectivity index (χ1v) is 9.15. The number of anilines is 1. The SMILES string of the molecule is COc1cc(C#N)ccc1Oc1ccc(NC(=O)N2CCC(C(=O)O)CC2)cc1. The maximum atomic E-state index is 12.4. The predicted octanol–water partition coefficient (Wildman–Crippen LogP) is 3.69. The second-order valence-corrected chi connectivity index (χ2v) is 6.63. The number of ether oxygens (including phenoxy) is 2.